The fraction of sp³-hybridized carbons (Fsp3) is 0.538. The Kier molecular flexibility index (Phi) is 4.52. The predicted octanol–water partition coefficient (Wildman–Crippen LogP) is 0.812. The second kappa shape index (κ2) is 5.99. The van der Waals surface area contributed by atoms with Gasteiger partial charge in [0.2, 0.25) is 10.0 Å². The Morgan fingerprint density at radius 2 is 2.00 bits per heavy atom. The molecule has 1 saturated heterocycles. The van der Waals surface area contributed by atoms with Crippen LogP contribution < -0.4 is 16.2 Å². The minimum atomic E-state index is -3.76. The molecule has 20 heavy (non-hydrogen) atoms. The molecule has 0 aliphatic carbocycles. The summed E-state index contributed by atoms with van der Waals surface area (Å²) in [5, 5.41) is 8.36. The number of sulfonamides is 1. The summed E-state index contributed by atoms with van der Waals surface area (Å²) in [6.45, 7) is 5.28. The Bertz CT molecular complexity index is 568. The lowest BCUT2D eigenvalue weighted by Gasteiger charge is -2.24. The highest BCUT2D eigenvalue weighted by Gasteiger charge is 2.18. The van der Waals surface area contributed by atoms with Crippen LogP contribution in [-0.2, 0) is 10.0 Å². The van der Waals surface area contributed by atoms with Crippen molar-refractivity contribution in [3.05, 3.63) is 18.2 Å². The van der Waals surface area contributed by atoms with Crippen LogP contribution in [0.5, 0.6) is 0 Å². The molecule has 1 aromatic rings. The number of rotatable bonds is 5. The fourth-order valence-corrected chi connectivity index (χ4v) is 3.14. The quantitative estimate of drug-likeness (QED) is 0.698. The van der Waals surface area contributed by atoms with Gasteiger partial charge in [-0.05, 0) is 51.1 Å². The van der Waals surface area contributed by atoms with Crippen molar-refractivity contribution >= 4 is 21.4 Å². The number of anilines is 2. The van der Waals surface area contributed by atoms with Gasteiger partial charge in [0.25, 0.3) is 0 Å². The van der Waals surface area contributed by atoms with Crippen molar-refractivity contribution in [2.24, 2.45) is 5.14 Å². The number of benzene rings is 1. The number of likely N-dealkylation sites (tertiary alicyclic amines) is 1. The first-order chi connectivity index (χ1) is 9.38. The van der Waals surface area contributed by atoms with Crippen LogP contribution in [-0.4, -0.2) is 39.0 Å². The molecule has 2 rings (SSSR count). The number of hydrogen-bond donors (Lipinski definition) is 3. The summed E-state index contributed by atoms with van der Waals surface area (Å²) in [5.74, 6) is 0. The van der Waals surface area contributed by atoms with Gasteiger partial charge >= 0.3 is 0 Å². The minimum absolute atomic E-state index is 0.0318. The molecule has 1 atom stereocenters. The van der Waals surface area contributed by atoms with E-state index in [1.54, 1.807) is 12.1 Å². The molecule has 1 fully saturated rings. The zero-order chi connectivity index (χ0) is 14.8. The van der Waals surface area contributed by atoms with E-state index in [1.165, 1.54) is 18.9 Å². The van der Waals surface area contributed by atoms with Gasteiger partial charge in [-0.15, -0.1) is 0 Å². The highest BCUT2D eigenvalue weighted by Crippen LogP contribution is 2.21. The first-order valence-corrected chi connectivity index (χ1v) is 8.33. The average molecular weight is 298 g/mol. The Morgan fingerprint density at radius 3 is 2.55 bits per heavy atom. The van der Waals surface area contributed by atoms with Crippen molar-refractivity contribution in [1.29, 1.82) is 0 Å². The SMILES string of the molecule is CC(CNc1ccc(S(N)(=O)=O)c(N)c1)N1CCCC1. The third kappa shape index (κ3) is 3.62. The Hall–Kier alpha value is -1.31. The van der Waals surface area contributed by atoms with E-state index < -0.39 is 10.0 Å². The maximum absolute atomic E-state index is 11.3. The van der Waals surface area contributed by atoms with E-state index in [0.717, 1.165) is 25.3 Å². The highest BCUT2D eigenvalue weighted by atomic mass is 32.2. The van der Waals surface area contributed by atoms with E-state index in [9.17, 15) is 8.42 Å². The molecule has 0 amide bonds. The van der Waals surface area contributed by atoms with Gasteiger partial charge in [0.05, 0.1) is 5.69 Å². The smallest absolute Gasteiger partial charge is 0.240 e. The van der Waals surface area contributed by atoms with Crippen LogP contribution in [0.3, 0.4) is 0 Å². The van der Waals surface area contributed by atoms with Crippen molar-refractivity contribution in [1.82, 2.24) is 4.90 Å². The maximum Gasteiger partial charge on any atom is 0.240 e. The first kappa shape index (κ1) is 15.1. The molecule has 1 unspecified atom stereocenters. The van der Waals surface area contributed by atoms with Crippen molar-refractivity contribution in [2.45, 2.75) is 30.7 Å². The van der Waals surface area contributed by atoms with Crippen LogP contribution in [0.25, 0.3) is 0 Å². The third-order valence-electron chi connectivity index (χ3n) is 3.68. The number of primary sulfonamides is 1. The largest absolute Gasteiger partial charge is 0.398 e. The lowest BCUT2D eigenvalue weighted by atomic mass is 10.2. The summed E-state index contributed by atoms with van der Waals surface area (Å²) in [7, 11) is -3.76. The molecule has 1 aromatic carbocycles. The topological polar surface area (TPSA) is 101 Å². The van der Waals surface area contributed by atoms with Gasteiger partial charge in [-0.2, -0.15) is 0 Å². The zero-order valence-corrected chi connectivity index (χ0v) is 12.5. The molecular weight excluding hydrogens is 276 g/mol. The molecule has 0 radical (unpaired) electrons. The summed E-state index contributed by atoms with van der Waals surface area (Å²) in [5.41, 5.74) is 6.71. The summed E-state index contributed by atoms with van der Waals surface area (Å²) in [6, 6.07) is 5.17. The predicted molar refractivity (Wildman–Crippen MR) is 81.0 cm³/mol. The fourth-order valence-electron chi connectivity index (χ4n) is 2.49. The van der Waals surface area contributed by atoms with E-state index >= 15 is 0 Å². The molecule has 1 aliphatic heterocycles. The molecule has 5 N–H and O–H groups in total. The van der Waals surface area contributed by atoms with E-state index in [4.69, 9.17) is 10.9 Å². The van der Waals surface area contributed by atoms with Crippen molar-refractivity contribution < 1.29 is 8.42 Å². The second-order valence-corrected chi connectivity index (χ2v) is 6.80. The molecule has 1 aliphatic rings. The van der Waals surface area contributed by atoms with Gasteiger partial charge in [-0.1, -0.05) is 0 Å². The van der Waals surface area contributed by atoms with Gasteiger partial charge in [0.1, 0.15) is 4.90 Å². The number of nitrogens with zero attached hydrogens (tertiary/aromatic N) is 1. The van der Waals surface area contributed by atoms with Crippen LogP contribution >= 0.6 is 0 Å². The highest BCUT2D eigenvalue weighted by molar-refractivity contribution is 7.89. The Morgan fingerprint density at radius 1 is 1.35 bits per heavy atom. The summed E-state index contributed by atoms with van der Waals surface area (Å²) < 4.78 is 22.6. The van der Waals surface area contributed by atoms with E-state index in [-0.39, 0.29) is 10.6 Å². The van der Waals surface area contributed by atoms with Crippen LogP contribution in [0.1, 0.15) is 19.8 Å². The average Bonchev–Trinajstić information content (AvgIpc) is 2.88. The monoisotopic (exact) mass is 298 g/mol. The van der Waals surface area contributed by atoms with Crippen molar-refractivity contribution in [3.63, 3.8) is 0 Å². The lowest BCUT2D eigenvalue weighted by molar-refractivity contribution is 0.269. The van der Waals surface area contributed by atoms with E-state index in [1.807, 2.05) is 0 Å². The van der Waals surface area contributed by atoms with Gasteiger partial charge in [0, 0.05) is 18.3 Å². The second-order valence-electron chi connectivity index (χ2n) is 5.27. The third-order valence-corrected chi connectivity index (χ3v) is 4.67. The molecule has 0 aromatic heterocycles. The first-order valence-electron chi connectivity index (χ1n) is 6.78. The number of nitrogen functional groups attached to an aromatic ring is 1. The van der Waals surface area contributed by atoms with Crippen molar-refractivity contribution in [3.8, 4) is 0 Å². The maximum atomic E-state index is 11.3. The van der Waals surface area contributed by atoms with Gasteiger partial charge in [-0.25, -0.2) is 13.6 Å². The molecule has 7 heteroatoms. The van der Waals surface area contributed by atoms with Crippen LogP contribution in [0.15, 0.2) is 23.1 Å². The summed E-state index contributed by atoms with van der Waals surface area (Å²) in [4.78, 5) is 2.41. The van der Waals surface area contributed by atoms with Gasteiger partial charge in [0.15, 0.2) is 0 Å². The van der Waals surface area contributed by atoms with Gasteiger partial charge in [-0.3, -0.25) is 4.90 Å². The minimum Gasteiger partial charge on any atom is -0.398 e. The number of nitrogens with one attached hydrogen (secondary N) is 1. The normalized spacial score (nSPS) is 18.1. The van der Waals surface area contributed by atoms with Gasteiger partial charge < -0.3 is 11.1 Å². The molecule has 0 bridgehead atoms. The molecular formula is C13H22N4O2S. The Labute approximate surface area is 120 Å². The summed E-state index contributed by atoms with van der Waals surface area (Å²) in [6.07, 6.45) is 2.53. The zero-order valence-electron chi connectivity index (χ0n) is 11.7. The molecule has 1 heterocycles. The van der Waals surface area contributed by atoms with Crippen LogP contribution in [0.2, 0.25) is 0 Å². The Balaban J connectivity index is 1.98. The van der Waals surface area contributed by atoms with E-state index in [2.05, 4.69) is 17.1 Å². The molecule has 0 spiro atoms. The number of hydrogen-bond acceptors (Lipinski definition) is 5. The standard InChI is InChI=1S/C13H22N4O2S/c1-10(17-6-2-3-7-17)9-16-11-4-5-13(12(14)8-11)20(15,18)19/h4-5,8,10,16H,2-3,6-7,9,14H2,1H3,(H2,15,18,19). The van der Waals surface area contributed by atoms with Crippen LogP contribution in [0.4, 0.5) is 11.4 Å². The lowest BCUT2D eigenvalue weighted by Crippen LogP contribution is -2.35. The van der Waals surface area contributed by atoms with Crippen LogP contribution in [0, 0.1) is 0 Å². The molecule has 6 nitrogen and oxygen atoms in total. The molecule has 112 valence electrons. The van der Waals surface area contributed by atoms with Crippen molar-refractivity contribution in [2.75, 3.05) is 30.7 Å². The molecule has 0 saturated carbocycles. The number of nitrogens with two attached hydrogens (primary N) is 2. The van der Waals surface area contributed by atoms with E-state index in [0.29, 0.717) is 6.04 Å². The summed E-state index contributed by atoms with van der Waals surface area (Å²) >= 11 is 0.